The van der Waals surface area contributed by atoms with E-state index in [9.17, 15) is 4.79 Å². The van der Waals surface area contributed by atoms with E-state index in [1.54, 1.807) is 11.8 Å². The minimum atomic E-state index is -0.0242. The largest absolute Gasteiger partial charge is 0.311 e. The highest BCUT2D eigenvalue weighted by molar-refractivity contribution is 8.00. The first kappa shape index (κ1) is 16.1. The highest BCUT2D eigenvalue weighted by Crippen LogP contribution is 2.32. The van der Waals surface area contributed by atoms with Gasteiger partial charge in [-0.15, -0.1) is 11.8 Å². The third-order valence-electron chi connectivity index (χ3n) is 4.32. The Balaban J connectivity index is 1.79. The van der Waals surface area contributed by atoms with Crippen LogP contribution in [-0.4, -0.2) is 17.7 Å². The van der Waals surface area contributed by atoms with Gasteiger partial charge in [-0.25, -0.2) is 0 Å². The molecule has 1 unspecified atom stereocenters. The van der Waals surface area contributed by atoms with Gasteiger partial charge in [0, 0.05) is 17.1 Å². The second-order valence-electron chi connectivity index (χ2n) is 6.05. The third kappa shape index (κ3) is 3.61. The van der Waals surface area contributed by atoms with Crippen molar-refractivity contribution < 1.29 is 4.79 Å². The Morgan fingerprint density at radius 1 is 1.17 bits per heavy atom. The lowest BCUT2D eigenvalue weighted by Gasteiger charge is -2.32. The van der Waals surface area contributed by atoms with E-state index in [0.29, 0.717) is 0 Å². The van der Waals surface area contributed by atoms with Crippen LogP contribution in [0.25, 0.3) is 0 Å². The van der Waals surface area contributed by atoms with E-state index in [1.165, 1.54) is 16.0 Å². The lowest BCUT2D eigenvalue weighted by Crippen LogP contribution is -2.40. The van der Waals surface area contributed by atoms with Crippen LogP contribution in [-0.2, 0) is 11.2 Å². The van der Waals surface area contributed by atoms with Gasteiger partial charge < -0.3 is 4.90 Å². The van der Waals surface area contributed by atoms with E-state index >= 15 is 0 Å². The van der Waals surface area contributed by atoms with Gasteiger partial charge in [0.1, 0.15) is 0 Å². The Kier molecular flexibility index (Phi) is 5.06. The molecule has 0 saturated heterocycles. The summed E-state index contributed by atoms with van der Waals surface area (Å²) in [6.07, 6.45) is 2.96. The molecule has 1 aliphatic rings. The molecule has 0 saturated carbocycles. The van der Waals surface area contributed by atoms with Crippen molar-refractivity contribution in [3.05, 3.63) is 59.7 Å². The average Bonchev–Trinajstić information content (AvgIpc) is 2.60. The molecule has 2 nitrogen and oxygen atoms in total. The van der Waals surface area contributed by atoms with Crippen molar-refractivity contribution in [1.82, 2.24) is 0 Å². The van der Waals surface area contributed by atoms with Gasteiger partial charge in [-0.1, -0.05) is 42.8 Å². The molecule has 0 aromatic heterocycles. The predicted octanol–water partition coefficient (Wildman–Crippen LogP) is 4.85. The van der Waals surface area contributed by atoms with Crippen LogP contribution in [0, 0.1) is 6.92 Å². The fourth-order valence-electron chi connectivity index (χ4n) is 3.03. The molecule has 3 rings (SSSR count). The molecule has 0 radical (unpaired) electrons. The Bertz CT molecular complexity index is 680. The van der Waals surface area contributed by atoms with E-state index in [4.69, 9.17) is 0 Å². The SMILES string of the molecule is CCC(Sc1ccc(C)cc1)C(=O)N1CCCc2ccccc21. The summed E-state index contributed by atoms with van der Waals surface area (Å²) in [6, 6.07) is 16.7. The van der Waals surface area contributed by atoms with Gasteiger partial charge in [0.05, 0.1) is 5.25 Å². The monoisotopic (exact) mass is 325 g/mol. The highest BCUT2D eigenvalue weighted by Gasteiger charge is 2.28. The zero-order chi connectivity index (χ0) is 16.2. The van der Waals surface area contributed by atoms with Gasteiger partial charge in [-0.05, 0) is 49.9 Å². The molecule has 2 aromatic carbocycles. The van der Waals surface area contributed by atoms with Crippen molar-refractivity contribution in [1.29, 1.82) is 0 Å². The fourth-order valence-corrected chi connectivity index (χ4v) is 4.04. The van der Waals surface area contributed by atoms with Crippen molar-refractivity contribution in [2.75, 3.05) is 11.4 Å². The average molecular weight is 325 g/mol. The molecule has 1 amide bonds. The van der Waals surface area contributed by atoms with Crippen molar-refractivity contribution in [2.45, 2.75) is 43.3 Å². The lowest BCUT2D eigenvalue weighted by molar-refractivity contribution is -0.118. The summed E-state index contributed by atoms with van der Waals surface area (Å²) in [5, 5.41) is -0.0242. The van der Waals surface area contributed by atoms with Crippen molar-refractivity contribution >= 4 is 23.4 Å². The van der Waals surface area contributed by atoms with Gasteiger partial charge in [-0.3, -0.25) is 4.79 Å². The number of anilines is 1. The van der Waals surface area contributed by atoms with Crippen molar-refractivity contribution in [3.63, 3.8) is 0 Å². The third-order valence-corrected chi connectivity index (χ3v) is 5.69. The molecule has 1 aliphatic heterocycles. The summed E-state index contributed by atoms with van der Waals surface area (Å²) in [4.78, 5) is 16.2. The number of hydrogen-bond donors (Lipinski definition) is 0. The maximum Gasteiger partial charge on any atom is 0.240 e. The topological polar surface area (TPSA) is 20.3 Å². The first-order valence-corrected chi connectivity index (χ1v) is 9.19. The molecule has 1 atom stereocenters. The number of para-hydroxylation sites is 1. The number of thioether (sulfide) groups is 1. The van der Waals surface area contributed by atoms with E-state index in [-0.39, 0.29) is 11.2 Å². The molecule has 120 valence electrons. The number of benzene rings is 2. The molecule has 23 heavy (non-hydrogen) atoms. The van der Waals surface area contributed by atoms with Crippen LogP contribution in [0.1, 0.15) is 30.9 Å². The minimum Gasteiger partial charge on any atom is -0.311 e. The molecule has 2 aromatic rings. The van der Waals surface area contributed by atoms with Gasteiger partial charge in [0.25, 0.3) is 0 Å². The zero-order valence-electron chi connectivity index (χ0n) is 13.8. The first-order chi connectivity index (χ1) is 11.2. The smallest absolute Gasteiger partial charge is 0.240 e. The van der Waals surface area contributed by atoms with Crippen LogP contribution in [0.5, 0.6) is 0 Å². The maximum atomic E-state index is 13.1. The maximum absolute atomic E-state index is 13.1. The second kappa shape index (κ2) is 7.22. The van der Waals surface area contributed by atoms with Crippen molar-refractivity contribution in [3.8, 4) is 0 Å². The summed E-state index contributed by atoms with van der Waals surface area (Å²) in [5.74, 6) is 0.241. The predicted molar refractivity (Wildman–Crippen MR) is 98.2 cm³/mol. The summed E-state index contributed by atoms with van der Waals surface area (Å²) in [5.41, 5.74) is 3.65. The summed E-state index contributed by atoms with van der Waals surface area (Å²) < 4.78 is 0. The molecule has 0 bridgehead atoms. The van der Waals surface area contributed by atoms with Crippen LogP contribution in [0.4, 0.5) is 5.69 Å². The number of amides is 1. The van der Waals surface area contributed by atoms with Crippen LogP contribution < -0.4 is 4.90 Å². The van der Waals surface area contributed by atoms with E-state index in [1.807, 2.05) is 11.0 Å². The minimum absolute atomic E-state index is 0.0242. The molecule has 3 heteroatoms. The van der Waals surface area contributed by atoms with Crippen LogP contribution in [0.3, 0.4) is 0 Å². The number of nitrogens with zero attached hydrogens (tertiary/aromatic N) is 1. The Morgan fingerprint density at radius 2 is 1.91 bits per heavy atom. The molecular formula is C20H23NOS. The van der Waals surface area contributed by atoms with Gasteiger partial charge in [-0.2, -0.15) is 0 Å². The normalized spacial score (nSPS) is 15.1. The summed E-state index contributed by atoms with van der Waals surface area (Å²) >= 11 is 1.68. The van der Waals surface area contributed by atoms with Crippen LogP contribution in [0.15, 0.2) is 53.4 Å². The molecule has 0 spiro atoms. The van der Waals surface area contributed by atoms with Crippen LogP contribution in [0.2, 0.25) is 0 Å². The Labute approximate surface area is 142 Å². The van der Waals surface area contributed by atoms with Gasteiger partial charge in [0.2, 0.25) is 5.91 Å². The lowest BCUT2D eigenvalue weighted by atomic mass is 10.0. The Hall–Kier alpha value is -1.74. The van der Waals surface area contributed by atoms with Crippen LogP contribution >= 0.6 is 11.8 Å². The fraction of sp³-hybridized carbons (Fsp3) is 0.350. The number of fused-ring (bicyclic) bond motifs is 1. The summed E-state index contributed by atoms with van der Waals surface area (Å²) in [7, 11) is 0. The number of carbonyl (C=O) groups excluding carboxylic acids is 1. The van der Waals surface area contributed by atoms with Crippen molar-refractivity contribution in [2.24, 2.45) is 0 Å². The molecular weight excluding hydrogens is 302 g/mol. The Morgan fingerprint density at radius 3 is 2.65 bits per heavy atom. The van der Waals surface area contributed by atoms with E-state index in [0.717, 1.165) is 31.5 Å². The number of hydrogen-bond acceptors (Lipinski definition) is 2. The molecule has 0 aliphatic carbocycles. The second-order valence-corrected chi connectivity index (χ2v) is 7.33. The molecule has 0 fully saturated rings. The molecule has 1 heterocycles. The zero-order valence-corrected chi connectivity index (χ0v) is 14.6. The number of carbonyl (C=O) groups is 1. The van der Waals surface area contributed by atoms with Gasteiger partial charge in [0.15, 0.2) is 0 Å². The molecule has 0 N–H and O–H groups in total. The van der Waals surface area contributed by atoms with E-state index in [2.05, 4.69) is 56.3 Å². The number of aryl methyl sites for hydroxylation is 2. The highest BCUT2D eigenvalue weighted by atomic mass is 32.2. The van der Waals surface area contributed by atoms with E-state index < -0.39 is 0 Å². The summed E-state index contributed by atoms with van der Waals surface area (Å²) in [6.45, 7) is 5.02. The van der Waals surface area contributed by atoms with Gasteiger partial charge >= 0.3 is 0 Å². The first-order valence-electron chi connectivity index (χ1n) is 8.31. The number of rotatable bonds is 4. The standard InChI is InChI=1S/C20H23NOS/c1-3-19(23-17-12-10-15(2)11-13-17)20(22)21-14-6-8-16-7-4-5-9-18(16)21/h4-5,7,9-13,19H,3,6,8,14H2,1-2H3. The quantitative estimate of drug-likeness (QED) is 0.749.